The molecular weight excluding hydrogens is 309 g/mol. The number of nitrogens with one attached hydrogen (secondary N) is 1. The number of piperidine rings is 1. The van der Waals surface area contributed by atoms with Crippen molar-refractivity contribution in [2.24, 2.45) is 5.92 Å². The summed E-state index contributed by atoms with van der Waals surface area (Å²) in [6.07, 6.45) is 1.69. The molecule has 5 heteroatoms. The van der Waals surface area contributed by atoms with Crippen LogP contribution in [0.5, 0.6) is 5.75 Å². The number of esters is 1. The summed E-state index contributed by atoms with van der Waals surface area (Å²) in [7, 11) is 2.82. The summed E-state index contributed by atoms with van der Waals surface area (Å²) in [6, 6.07) is 3.72. The molecule has 2 rings (SSSR count). The van der Waals surface area contributed by atoms with Crippen LogP contribution in [-0.4, -0.2) is 32.8 Å². The first-order chi connectivity index (χ1) is 11.4. The number of hydrogen-bond donors (Lipinski definition) is 1. The van der Waals surface area contributed by atoms with Crippen LogP contribution in [0.1, 0.15) is 56.6 Å². The molecule has 1 aliphatic heterocycles. The van der Waals surface area contributed by atoms with E-state index in [9.17, 15) is 9.18 Å². The van der Waals surface area contributed by atoms with Crippen LogP contribution in [-0.2, 0) is 9.53 Å². The van der Waals surface area contributed by atoms with Gasteiger partial charge in [-0.2, -0.15) is 0 Å². The summed E-state index contributed by atoms with van der Waals surface area (Å²) in [5, 5.41) is 3.39. The Kier molecular flexibility index (Phi) is 6.21. The lowest BCUT2D eigenvalue weighted by atomic mass is 9.77. The third kappa shape index (κ3) is 3.89. The van der Waals surface area contributed by atoms with Gasteiger partial charge in [-0.15, -0.1) is 0 Å². The van der Waals surface area contributed by atoms with Crippen LogP contribution < -0.4 is 10.1 Å². The Bertz CT molecular complexity index is 588. The molecule has 0 spiro atoms. The molecule has 1 fully saturated rings. The molecule has 1 saturated heterocycles. The summed E-state index contributed by atoms with van der Waals surface area (Å²) in [5.41, 5.74) is 1.46. The molecule has 0 aliphatic carbocycles. The molecular formula is C19H28FNO3. The lowest BCUT2D eigenvalue weighted by Gasteiger charge is -2.33. The number of hydrogen-bond acceptors (Lipinski definition) is 4. The number of carbonyl (C=O) groups excluding carboxylic acids is 1. The number of methoxy groups -OCH3 is 2. The minimum atomic E-state index is -0.511. The van der Waals surface area contributed by atoms with Gasteiger partial charge in [-0.1, -0.05) is 19.9 Å². The van der Waals surface area contributed by atoms with E-state index >= 15 is 0 Å². The van der Waals surface area contributed by atoms with E-state index in [4.69, 9.17) is 9.47 Å². The molecule has 1 aromatic rings. The van der Waals surface area contributed by atoms with Gasteiger partial charge in [0.1, 0.15) is 0 Å². The number of halogens is 1. The van der Waals surface area contributed by atoms with Crippen LogP contribution >= 0.6 is 0 Å². The van der Waals surface area contributed by atoms with Gasteiger partial charge in [0.2, 0.25) is 0 Å². The molecule has 0 saturated carbocycles. The minimum absolute atomic E-state index is 0.101. The van der Waals surface area contributed by atoms with Crippen LogP contribution in [0.4, 0.5) is 4.39 Å². The lowest BCUT2D eigenvalue weighted by Crippen LogP contribution is -2.39. The van der Waals surface area contributed by atoms with Crippen LogP contribution in [0.3, 0.4) is 0 Å². The fraction of sp³-hybridized carbons (Fsp3) is 0.632. The van der Waals surface area contributed by atoms with Crippen LogP contribution in [0.2, 0.25) is 0 Å². The Morgan fingerprint density at radius 1 is 1.33 bits per heavy atom. The Balaban J connectivity index is 2.54. The van der Waals surface area contributed by atoms with Crippen LogP contribution in [0.15, 0.2) is 12.1 Å². The van der Waals surface area contributed by atoms with E-state index in [0.29, 0.717) is 11.6 Å². The molecule has 0 aromatic heterocycles. The highest BCUT2D eigenvalue weighted by Gasteiger charge is 2.36. The van der Waals surface area contributed by atoms with Crippen molar-refractivity contribution >= 4 is 5.97 Å². The minimum Gasteiger partial charge on any atom is -0.493 e. The lowest BCUT2D eigenvalue weighted by molar-refractivity contribution is -0.144. The smallest absolute Gasteiger partial charge is 0.313 e. The summed E-state index contributed by atoms with van der Waals surface area (Å²) < 4.78 is 24.9. The van der Waals surface area contributed by atoms with Gasteiger partial charge in [0.15, 0.2) is 11.6 Å². The Morgan fingerprint density at radius 3 is 2.58 bits per heavy atom. The highest BCUT2D eigenvalue weighted by Crippen LogP contribution is 2.40. The van der Waals surface area contributed by atoms with Gasteiger partial charge in [-0.3, -0.25) is 4.79 Å². The third-order valence-electron chi connectivity index (χ3n) is 4.89. The standard InChI is InChI=1S/C19H28FNO3/c1-11(2)14-9-15(18(23-4)16(20)10-14)17(19(22)24-5)13-6-7-21-12(3)8-13/h9-13,17,21H,6-8H2,1-5H3/t12-,13-,17?/m1/s1. The number of benzene rings is 1. The molecule has 24 heavy (non-hydrogen) atoms. The Labute approximate surface area is 143 Å². The quantitative estimate of drug-likeness (QED) is 0.834. The summed E-state index contributed by atoms with van der Waals surface area (Å²) >= 11 is 0. The fourth-order valence-corrected chi connectivity index (χ4v) is 3.59. The van der Waals surface area contributed by atoms with Gasteiger partial charge in [0.25, 0.3) is 0 Å². The molecule has 1 N–H and O–H groups in total. The molecule has 3 atom stereocenters. The topological polar surface area (TPSA) is 47.6 Å². The Hall–Kier alpha value is -1.62. The van der Waals surface area contributed by atoms with Crippen molar-refractivity contribution in [3.8, 4) is 5.75 Å². The van der Waals surface area contributed by atoms with Crippen molar-refractivity contribution in [3.05, 3.63) is 29.1 Å². The molecule has 0 radical (unpaired) electrons. The molecule has 1 aromatic carbocycles. The molecule has 1 unspecified atom stereocenters. The summed E-state index contributed by atoms with van der Waals surface area (Å²) in [5.74, 6) is -0.843. The predicted molar refractivity (Wildman–Crippen MR) is 92.0 cm³/mol. The zero-order chi connectivity index (χ0) is 17.9. The van der Waals surface area contributed by atoms with Crippen LogP contribution in [0.25, 0.3) is 0 Å². The average molecular weight is 337 g/mol. The first-order valence-electron chi connectivity index (χ1n) is 8.57. The maximum atomic E-state index is 14.6. The molecule has 1 aliphatic rings. The van der Waals surface area contributed by atoms with E-state index in [1.807, 2.05) is 19.9 Å². The zero-order valence-corrected chi connectivity index (χ0v) is 15.2. The number of rotatable bonds is 5. The van der Waals surface area contributed by atoms with Gasteiger partial charge in [0.05, 0.1) is 20.1 Å². The van der Waals surface area contributed by atoms with E-state index in [0.717, 1.165) is 24.9 Å². The fourth-order valence-electron chi connectivity index (χ4n) is 3.59. The van der Waals surface area contributed by atoms with Crippen LogP contribution in [0, 0.1) is 11.7 Å². The summed E-state index contributed by atoms with van der Waals surface area (Å²) in [4.78, 5) is 12.6. The van der Waals surface area contributed by atoms with E-state index in [1.165, 1.54) is 20.3 Å². The van der Waals surface area contributed by atoms with Crippen molar-refractivity contribution in [1.82, 2.24) is 5.32 Å². The second-order valence-corrected chi connectivity index (χ2v) is 6.92. The van der Waals surface area contributed by atoms with E-state index in [-0.39, 0.29) is 23.6 Å². The normalized spacial score (nSPS) is 22.3. The zero-order valence-electron chi connectivity index (χ0n) is 15.2. The third-order valence-corrected chi connectivity index (χ3v) is 4.89. The highest BCUT2D eigenvalue weighted by atomic mass is 19.1. The first-order valence-corrected chi connectivity index (χ1v) is 8.57. The molecule has 4 nitrogen and oxygen atoms in total. The van der Waals surface area contributed by atoms with Crippen molar-refractivity contribution in [1.29, 1.82) is 0 Å². The number of carbonyl (C=O) groups is 1. The van der Waals surface area contributed by atoms with E-state index in [1.54, 1.807) is 0 Å². The van der Waals surface area contributed by atoms with E-state index in [2.05, 4.69) is 12.2 Å². The van der Waals surface area contributed by atoms with Gasteiger partial charge in [-0.25, -0.2) is 4.39 Å². The summed E-state index contributed by atoms with van der Waals surface area (Å²) in [6.45, 7) is 6.95. The highest BCUT2D eigenvalue weighted by molar-refractivity contribution is 5.79. The van der Waals surface area contributed by atoms with Gasteiger partial charge < -0.3 is 14.8 Å². The number of ether oxygens (including phenoxy) is 2. The Morgan fingerprint density at radius 2 is 2.04 bits per heavy atom. The second-order valence-electron chi connectivity index (χ2n) is 6.92. The van der Waals surface area contributed by atoms with Crippen molar-refractivity contribution in [3.63, 3.8) is 0 Å². The van der Waals surface area contributed by atoms with E-state index < -0.39 is 11.7 Å². The maximum absolute atomic E-state index is 14.6. The average Bonchev–Trinajstić information content (AvgIpc) is 2.54. The molecule has 1 heterocycles. The molecule has 134 valence electrons. The van der Waals surface area contributed by atoms with Gasteiger partial charge in [-0.05, 0) is 49.8 Å². The van der Waals surface area contributed by atoms with Gasteiger partial charge >= 0.3 is 5.97 Å². The first kappa shape index (κ1) is 18.7. The van der Waals surface area contributed by atoms with Gasteiger partial charge in [0, 0.05) is 11.6 Å². The molecule has 0 amide bonds. The maximum Gasteiger partial charge on any atom is 0.313 e. The van der Waals surface area contributed by atoms with Crippen molar-refractivity contribution in [2.75, 3.05) is 20.8 Å². The second kappa shape index (κ2) is 7.97. The SMILES string of the molecule is COC(=O)C(c1cc(C(C)C)cc(F)c1OC)[C@@H]1CCN[C@H](C)C1. The monoisotopic (exact) mass is 337 g/mol. The largest absolute Gasteiger partial charge is 0.493 e. The van der Waals surface area contributed by atoms with Crippen molar-refractivity contribution < 1.29 is 18.7 Å². The molecule has 0 bridgehead atoms. The predicted octanol–water partition coefficient (Wildman–Crippen LogP) is 3.60. The van der Waals surface area contributed by atoms with Crippen molar-refractivity contribution in [2.45, 2.75) is 51.5 Å².